The highest BCUT2D eigenvalue weighted by molar-refractivity contribution is 5.93. The van der Waals surface area contributed by atoms with E-state index in [2.05, 4.69) is 27.0 Å². The molecule has 33 heavy (non-hydrogen) atoms. The van der Waals surface area contributed by atoms with Gasteiger partial charge in [0.05, 0.1) is 43.5 Å². The Morgan fingerprint density at radius 1 is 1.06 bits per heavy atom. The topological polar surface area (TPSA) is 84.8 Å². The van der Waals surface area contributed by atoms with Gasteiger partial charge in [0.25, 0.3) is 0 Å². The van der Waals surface area contributed by atoms with Crippen LogP contribution in [0.3, 0.4) is 0 Å². The van der Waals surface area contributed by atoms with Gasteiger partial charge < -0.3 is 19.7 Å². The summed E-state index contributed by atoms with van der Waals surface area (Å²) in [5, 5.41) is 7.66. The summed E-state index contributed by atoms with van der Waals surface area (Å²) in [7, 11) is 3.17. The second kappa shape index (κ2) is 9.91. The number of piperazine rings is 1. The number of nitrogens with zero attached hydrogens (tertiary/aromatic N) is 5. The minimum absolute atomic E-state index is 0.0674. The van der Waals surface area contributed by atoms with Gasteiger partial charge in [-0.25, -0.2) is 9.67 Å². The monoisotopic (exact) mass is 450 g/mol. The molecule has 9 nitrogen and oxygen atoms in total. The number of nitrogens with one attached hydrogen (secondary N) is 1. The predicted octanol–water partition coefficient (Wildman–Crippen LogP) is 2.66. The van der Waals surface area contributed by atoms with Crippen molar-refractivity contribution >= 4 is 17.3 Å². The Morgan fingerprint density at radius 2 is 1.85 bits per heavy atom. The van der Waals surface area contributed by atoms with Gasteiger partial charge in [-0.05, 0) is 38.1 Å². The van der Waals surface area contributed by atoms with Crippen LogP contribution < -0.4 is 19.7 Å². The average molecular weight is 451 g/mol. The molecule has 0 spiro atoms. The maximum Gasteiger partial charge on any atom is 0.238 e. The number of hydrogen-bond acceptors (Lipinski definition) is 7. The predicted molar refractivity (Wildman–Crippen MR) is 128 cm³/mol. The number of pyridine rings is 1. The summed E-state index contributed by atoms with van der Waals surface area (Å²) in [4.78, 5) is 21.6. The van der Waals surface area contributed by atoms with Crippen LogP contribution in [0.25, 0.3) is 5.82 Å². The summed E-state index contributed by atoms with van der Waals surface area (Å²) in [5.74, 6) is 2.00. The van der Waals surface area contributed by atoms with E-state index in [1.807, 2.05) is 29.8 Å². The van der Waals surface area contributed by atoms with E-state index in [0.717, 1.165) is 49.1 Å². The molecule has 1 aromatic carbocycles. The molecule has 9 heteroatoms. The molecule has 1 aliphatic heterocycles. The summed E-state index contributed by atoms with van der Waals surface area (Å²) in [5.41, 5.74) is 3.84. The molecular weight excluding hydrogens is 420 g/mol. The van der Waals surface area contributed by atoms with Gasteiger partial charge in [0.15, 0.2) is 5.82 Å². The first-order valence-electron chi connectivity index (χ1n) is 11.0. The zero-order chi connectivity index (χ0) is 23.4. The average Bonchev–Trinajstić information content (AvgIpc) is 3.14. The fourth-order valence-electron chi connectivity index (χ4n) is 4.22. The lowest BCUT2D eigenvalue weighted by Crippen LogP contribution is -2.49. The van der Waals surface area contributed by atoms with E-state index >= 15 is 0 Å². The molecule has 1 aliphatic rings. The number of carbonyl (C=O) groups is 1. The van der Waals surface area contributed by atoms with Gasteiger partial charge in [-0.2, -0.15) is 5.10 Å². The van der Waals surface area contributed by atoms with Gasteiger partial charge >= 0.3 is 0 Å². The molecule has 3 heterocycles. The first kappa shape index (κ1) is 22.6. The number of hydrogen-bond donors (Lipinski definition) is 1. The fourth-order valence-corrected chi connectivity index (χ4v) is 4.22. The van der Waals surface area contributed by atoms with Crippen molar-refractivity contribution in [2.45, 2.75) is 13.8 Å². The lowest BCUT2D eigenvalue weighted by Gasteiger charge is -2.35. The summed E-state index contributed by atoms with van der Waals surface area (Å²) in [6.45, 7) is 7.68. The molecule has 1 amide bonds. The molecule has 0 atom stereocenters. The van der Waals surface area contributed by atoms with E-state index in [1.54, 1.807) is 38.6 Å². The minimum Gasteiger partial charge on any atom is -0.497 e. The van der Waals surface area contributed by atoms with Crippen molar-refractivity contribution in [1.29, 1.82) is 0 Å². The van der Waals surface area contributed by atoms with Crippen molar-refractivity contribution in [3.05, 3.63) is 54.0 Å². The van der Waals surface area contributed by atoms with Crippen molar-refractivity contribution in [3.8, 4) is 17.3 Å². The number of aryl methyl sites for hydroxylation is 1. The third kappa shape index (κ3) is 4.93. The molecule has 1 fully saturated rings. The standard InChI is InChI=1S/C24H30N6O3/c1-17-24(18(2)30(27-17)22-7-5-6-10-25-22)29-13-11-28(12-14-29)16-23(31)26-20-9-8-19(32-3)15-21(20)33-4/h5-10,15H,11-14,16H2,1-4H3,(H,26,31). The lowest BCUT2D eigenvalue weighted by molar-refractivity contribution is -0.117. The summed E-state index contributed by atoms with van der Waals surface area (Å²) < 4.78 is 12.5. The second-order valence-corrected chi connectivity index (χ2v) is 8.00. The smallest absolute Gasteiger partial charge is 0.238 e. The van der Waals surface area contributed by atoms with E-state index in [4.69, 9.17) is 14.6 Å². The van der Waals surface area contributed by atoms with Crippen LogP contribution in [0.2, 0.25) is 0 Å². The number of rotatable bonds is 7. The van der Waals surface area contributed by atoms with Crippen LogP contribution in [0, 0.1) is 13.8 Å². The lowest BCUT2D eigenvalue weighted by atomic mass is 10.2. The maximum atomic E-state index is 12.6. The molecule has 4 rings (SSSR count). The van der Waals surface area contributed by atoms with E-state index in [-0.39, 0.29) is 5.91 Å². The summed E-state index contributed by atoms with van der Waals surface area (Å²) in [6.07, 6.45) is 1.77. The van der Waals surface area contributed by atoms with Crippen LogP contribution in [-0.2, 0) is 4.79 Å². The highest BCUT2D eigenvalue weighted by Gasteiger charge is 2.24. The molecule has 0 aliphatic carbocycles. The van der Waals surface area contributed by atoms with Crippen LogP contribution >= 0.6 is 0 Å². The number of methoxy groups -OCH3 is 2. The second-order valence-electron chi connectivity index (χ2n) is 8.00. The Balaban J connectivity index is 1.36. The van der Waals surface area contributed by atoms with Gasteiger partial charge in [-0.3, -0.25) is 9.69 Å². The van der Waals surface area contributed by atoms with E-state index in [9.17, 15) is 4.79 Å². The zero-order valence-electron chi connectivity index (χ0n) is 19.5. The Hall–Kier alpha value is -3.59. The molecule has 0 saturated carbocycles. The summed E-state index contributed by atoms with van der Waals surface area (Å²) >= 11 is 0. The summed E-state index contributed by atoms with van der Waals surface area (Å²) in [6, 6.07) is 11.2. The zero-order valence-corrected chi connectivity index (χ0v) is 19.5. The fraction of sp³-hybridized carbons (Fsp3) is 0.375. The molecule has 3 aromatic rings. The Bertz CT molecular complexity index is 1110. The molecular formula is C24H30N6O3. The van der Waals surface area contributed by atoms with Crippen molar-refractivity contribution in [2.24, 2.45) is 0 Å². The molecule has 0 bridgehead atoms. The van der Waals surface area contributed by atoms with Crippen molar-refractivity contribution in [2.75, 3.05) is 57.2 Å². The Morgan fingerprint density at radius 3 is 2.52 bits per heavy atom. The number of aromatic nitrogens is 3. The Kier molecular flexibility index (Phi) is 6.79. The quantitative estimate of drug-likeness (QED) is 0.592. The van der Waals surface area contributed by atoms with E-state index in [1.165, 1.54) is 0 Å². The maximum absolute atomic E-state index is 12.6. The largest absolute Gasteiger partial charge is 0.497 e. The molecule has 174 valence electrons. The van der Waals surface area contributed by atoms with Crippen molar-refractivity contribution < 1.29 is 14.3 Å². The SMILES string of the molecule is COc1ccc(NC(=O)CN2CCN(c3c(C)nn(-c4ccccn4)c3C)CC2)c(OC)c1. The first-order valence-corrected chi connectivity index (χ1v) is 11.0. The molecule has 2 aromatic heterocycles. The van der Waals surface area contributed by atoms with Crippen LogP contribution in [0.5, 0.6) is 11.5 Å². The highest BCUT2D eigenvalue weighted by Crippen LogP contribution is 2.29. The molecule has 0 radical (unpaired) electrons. The highest BCUT2D eigenvalue weighted by atomic mass is 16.5. The van der Waals surface area contributed by atoms with Gasteiger partial charge in [-0.1, -0.05) is 6.07 Å². The third-order valence-corrected chi connectivity index (χ3v) is 5.86. The third-order valence-electron chi connectivity index (χ3n) is 5.86. The van der Waals surface area contributed by atoms with E-state index in [0.29, 0.717) is 23.7 Å². The number of ether oxygens (including phenoxy) is 2. The minimum atomic E-state index is -0.0674. The van der Waals surface area contributed by atoms with Crippen LogP contribution in [0.1, 0.15) is 11.4 Å². The van der Waals surface area contributed by atoms with E-state index < -0.39 is 0 Å². The van der Waals surface area contributed by atoms with Gasteiger partial charge in [0.2, 0.25) is 5.91 Å². The van der Waals surface area contributed by atoms with Crippen LogP contribution in [0.4, 0.5) is 11.4 Å². The molecule has 1 saturated heterocycles. The normalized spacial score (nSPS) is 14.2. The molecule has 0 unspecified atom stereocenters. The van der Waals surface area contributed by atoms with Crippen molar-refractivity contribution in [1.82, 2.24) is 19.7 Å². The van der Waals surface area contributed by atoms with Gasteiger partial charge in [0.1, 0.15) is 11.5 Å². The molecule has 1 N–H and O–H groups in total. The van der Waals surface area contributed by atoms with Gasteiger partial charge in [-0.15, -0.1) is 0 Å². The number of benzene rings is 1. The number of carbonyl (C=O) groups excluding carboxylic acids is 1. The van der Waals surface area contributed by atoms with Crippen molar-refractivity contribution in [3.63, 3.8) is 0 Å². The Labute approximate surface area is 193 Å². The number of anilines is 2. The first-order chi connectivity index (χ1) is 16.0. The van der Waals surface area contributed by atoms with Gasteiger partial charge in [0, 0.05) is 38.4 Å². The number of amides is 1. The van der Waals surface area contributed by atoms with Crippen LogP contribution in [-0.4, -0.2) is 72.5 Å². The van der Waals surface area contributed by atoms with Crippen LogP contribution in [0.15, 0.2) is 42.6 Å².